The van der Waals surface area contributed by atoms with E-state index in [1.807, 2.05) is 56.2 Å². The summed E-state index contributed by atoms with van der Waals surface area (Å²) in [6.07, 6.45) is 5.89. The number of hydrogen-bond acceptors (Lipinski definition) is 12. The van der Waals surface area contributed by atoms with Crippen molar-refractivity contribution in [2.45, 2.75) is 176 Å². The first-order chi connectivity index (χ1) is 25.2. The zero-order valence-corrected chi connectivity index (χ0v) is 37.2. The fourth-order valence-electron chi connectivity index (χ4n) is 6.62. The summed E-state index contributed by atoms with van der Waals surface area (Å²) in [5.41, 5.74) is -3.92. The van der Waals surface area contributed by atoms with Crippen LogP contribution in [0.15, 0.2) is 0 Å². The van der Waals surface area contributed by atoms with E-state index in [0.29, 0.717) is 38.8 Å². The third kappa shape index (κ3) is 22.5. The van der Waals surface area contributed by atoms with Crippen molar-refractivity contribution < 1.29 is 42.9 Å². The molecule has 1 aliphatic rings. The molecule has 0 atom stereocenters. The van der Waals surface area contributed by atoms with Gasteiger partial charge in [-0.15, -0.1) is 0 Å². The summed E-state index contributed by atoms with van der Waals surface area (Å²) in [5.74, 6) is -1.73. The van der Waals surface area contributed by atoms with Gasteiger partial charge in [0.2, 0.25) is 5.91 Å². The van der Waals surface area contributed by atoms with E-state index in [0.717, 1.165) is 38.8 Å². The van der Waals surface area contributed by atoms with Gasteiger partial charge in [-0.2, -0.15) is 0 Å². The van der Waals surface area contributed by atoms with Crippen molar-refractivity contribution in [1.82, 2.24) is 19.6 Å². The fraction of sp³-hybridized carbons (Fsp3) is 0.881. The molecule has 0 aromatic heterocycles. The van der Waals surface area contributed by atoms with E-state index < -0.39 is 51.8 Å². The second kappa shape index (κ2) is 22.2. The molecule has 0 radical (unpaired) electrons. The minimum Gasteiger partial charge on any atom is -0.459 e. The van der Waals surface area contributed by atoms with E-state index >= 15 is 0 Å². The van der Waals surface area contributed by atoms with Crippen molar-refractivity contribution in [3.63, 3.8) is 0 Å². The van der Waals surface area contributed by atoms with Crippen LogP contribution in [-0.2, 0) is 42.9 Å². The number of amides is 1. The molecule has 1 amide bonds. The molecule has 1 fully saturated rings. The first-order valence-electron chi connectivity index (χ1n) is 20.5. The van der Waals surface area contributed by atoms with Crippen LogP contribution in [0.1, 0.15) is 148 Å². The number of carbonyl (C=O) groups is 5. The average Bonchev–Trinajstić information content (AvgIpc) is 3.14. The monoisotopic (exact) mass is 783 g/mol. The molecule has 320 valence electrons. The Labute approximate surface area is 333 Å². The molecule has 0 aromatic rings. The average molecular weight is 783 g/mol. The van der Waals surface area contributed by atoms with Crippen molar-refractivity contribution >= 4 is 29.8 Å². The van der Waals surface area contributed by atoms with Crippen LogP contribution in [0.2, 0.25) is 0 Å². The van der Waals surface area contributed by atoms with Gasteiger partial charge < -0.3 is 23.8 Å². The van der Waals surface area contributed by atoms with Crippen molar-refractivity contribution in [3.05, 3.63) is 0 Å². The van der Waals surface area contributed by atoms with Crippen molar-refractivity contribution in [1.29, 1.82) is 0 Å². The largest absolute Gasteiger partial charge is 0.459 e. The molecule has 0 unspecified atom stereocenters. The second-order valence-electron chi connectivity index (χ2n) is 19.1. The predicted molar refractivity (Wildman–Crippen MR) is 215 cm³/mol. The second-order valence-corrected chi connectivity index (χ2v) is 19.1. The molecule has 13 heteroatoms. The zero-order valence-electron chi connectivity index (χ0n) is 37.2. The Bertz CT molecular complexity index is 1150. The Morgan fingerprint density at radius 1 is 0.545 bits per heavy atom. The molecule has 1 heterocycles. The van der Waals surface area contributed by atoms with Gasteiger partial charge in [-0.1, -0.05) is 33.1 Å². The van der Waals surface area contributed by atoms with Gasteiger partial charge in [0.05, 0.1) is 26.2 Å². The maximum atomic E-state index is 13.7. The van der Waals surface area contributed by atoms with Gasteiger partial charge in [-0.25, -0.2) is 0 Å². The number of rotatable bonds is 20. The molecular weight excluding hydrogens is 704 g/mol. The lowest BCUT2D eigenvalue weighted by Gasteiger charge is -2.46. The number of carbonyl (C=O) groups excluding carboxylic acids is 5. The number of hydrogen-bond donors (Lipinski definition) is 0. The van der Waals surface area contributed by atoms with Crippen LogP contribution in [0.3, 0.4) is 0 Å². The van der Waals surface area contributed by atoms with Crippen molar-refractivity contribution in [2.75, 3.05) is 65.4 Å². The van der Waals surface area contributed by atoms with E-state index in [4.69, 9.17) is 18.9 Å². The summed E-state index contributed by atoms with van der Waals surface area (Å²) in [6, 6.07) is 0. The normalized spacial score (nSPS) is 16.0. The maximum absolute atomic E-state index is 13.7. The van der Waals surface area contributed by atoms with Gasteiger partial charge in [0.15, 0.2) is 0 Å². The first kappa shape index (κ1) is 50.2. The highest BCUT2D eigenvalue weighted by atomic mass is 16.6. The maximum Gasteiger partial charge on any atom is 0.320 e. The lowest BCUT2D eigenvalue weighted by Crippen LogP contribution is -2.62. The topological polar surface area (TPSA) is 135 Å². The molecule has 0 saturated carbocycles. The van der Waals surface area contributed by atoms with Gasteiger partial charge in [0.25, 0.3) is 0 Å². The standard InChI is InChI=1S/C42H78N4O9/c1-15-17-23-45(24-18-16-2)33(47)21-19-20-22-42(46(29-36(50)54-40(9,10)11)30-37(51)55-41(12,13)14)31-43(27-34(48)52-38(3,4)5)25-26-44(32-42)28-35(49)53-39(6,7)8/h15-32H2,1-14H3. The van der Waals surface area contributed by atoms with Crippen LogP contribution in [-0.4, -0.2) is 143 Å². The summed E-state index contributed by atoms with van der Waals surface area (Å²) < 4.78 is 23.1. The molecular formula is C42H78N4O9. The van der Waals surface area contributed by atoms with E-state index in [-0.39, 0.29) is 45.2 Å². The summed E-state index contributed by atoms with van der Waals surface area (Å²) >= 11 is 0. The molecule has 0 spiro atoms. The summed E-state index contributed by atoms with van der Waals surface area (Å²) in [5, 5.41) is 0. The third-order valence-corrected chi connectivity index (χ3v) is 8.66. The molecule has 1 rings (SSSR count). The van der Waals surface area contributed by atoms with Crippen molar-refractivity contribution in [2.24, 2.45) is 0 Å². The van der Waals surface area contributed by atoms with Gasteiger partial charge in [-0.3, -0.25) is 38.7 Å². The smallest absolute Gasteiger partial charge is 0.320 e. The Morgan fingerprint density at radius 2 is 0.909 bits per heavy atom. The summed E-state index contributed by atoms with van der Waals surface area (Å²) in [4.78, 5) is 75.1. The molecule has 13 nitrogen and oxygen atoms in total. The van der Waals surface area contributed by atoms with Crippen LogP contribution in [0, 0.1) is 0 Å². The Hall–Kier alpha value is -2.77. The van der Waals surface area contributed by atoms with E-state index in [9.17, 15) is 24.0 Å². The summed E-state index contributed by atoms with van der Waals surface area (Å²) in [7, 11) is 0. The number of unbranched alkanes of at least 4 members (excludes halogenated alkanes) is 3. The molecule has 0 N–H and O–H groups in total. The molecule has 1 aliphatic heterocycles. The molecule has 0 aliphatic carbocycles. The fourth-order valence-corrected chi connectivity index (χ4v) is 6.62. The van der Waals surface area contributed by atoms with E-state index in [1.165, 1.54) is 0 Å². The van der Waals surface area contributed by atoms with Crippen LogP contribution in [0.25, 0.3) is 0 Å². The van der Waals surface area contributed by atoms with E-state index in [2.05, 4.69) is 13.8 Å². The number of ether oxygens (including phenoxy) is 4. The predicted octanol–water partition coefficient (Wildman–Crippen LogP) is 6.00. The highest BCUT2D eigenvalue weighted by Gasteiger charge is 2.45. The molecule has 0 aromatic carbocycles. The van der Waals surface area contributed by atoms with Gasteiger partial charge in [0, 0.05) is 51.2 Å². The quantitative estimate of drug-likeness (QED) is 0.0815. The van der Waals surface area contributed by atoms with E-state index in [1.54, 1.807) is 46.4 Å². The molecule has 55 heavy (non-hydrogen) atoms. The third-order valence-electron chi connectivity index (χ3n) is 8.66. The van der Waals surface area contributed by atoms with Gasteiger partial charge in [-0.05, 0) is 109 Å². The van der Waals surface area contributed by atoms with Crippen LogP contribution in [0.5, 0.6) is 0 Å². The Kier molecular flexibility index (Phi) is 20.3. The Balaban J connectivity index is 3.77. The first-order valence-corrected chi connectivity index (χ1v) is 20.5. The lowest BCUT2D eigenvalue weighted by molar-refractivity contribution is -0.166. The Morgan fingerprint density at radius 3 is 1.25 bits per heavy atom. The van der Waals surface area contributed by atoms with Gasteiger partial charge >= 0.3 is 23.9 Å². The van der Waals surface area contributed by atoms with Crippen LogP contribution in [0.4, 0.5) is 0 Å². The SMILES string of the molecule is CCCCN(CCCC)C(=O)CCCCC1(N(CC(=O)OC(C)(C)C)CC(=O)OC(C)(C)C)CN(CC(=O)OC(C)(C)C)CCN(CC(=O)OC(C)(C)C)C1. The lowest BCUT2D eigenvalue weighted by atomic mass is 9.88. The minimum atomic E-state index is -0.971. The summed E-state index contributed by atoms with van der Waals surface area (Å²) in [6.45, 7) is 28.2. The number of esters is 4. The van der Waals surface area contributed by atoms with Gasteiger partial charge in [0.1, 0.15) is 22.4 Å². The van der Waals surface area contributed by atoms with Crippen LogP contribution < -0.4 is 0 Å². The molecule has 0 bridgehead atoms. The molecule has 1 saturated heterocycles. The van der Waals surface area contributed by atoms with Crippen molar-refractivity contribution in [3.8, 4) is 0 Å². The zero-order chi connectivity index (χ0) is 42.3. The minimum absolute atomic E-state index is 0.0334. The highest BCUT2D eigenvalue weighted by Crippen LogP contribution is 2.30. The number of nitrogens with zero attached hydrogens (tertiary/aromatic N) is 4. The van der Waals surface area contributed by atoms with Crippen LogP contribution >= 0.6 is 0 Å². The highest BCUT2D eigenvalue weighted by molar-refractivity contribution is 5.77.